The molecule has 1 aromatic heterocycles. The SMILES string of the molecule is Clc1ccccc1CNC1(C(Oc2ccccc2)c2csc3ccccc23)CO1. The molecular formula is C24H20ClNO2S. The molecule has 5 heteroatoms. The Morgan fingerprint density at radius 2 is 1.72 bits per heavy atom. The van der Waals surface area contributed by atoms with E-state index in [2.05, 4.69) is 35.0 Å². The van der Waals surface area contributed by atoms with Crippen molar-refractivity contribution in [1.29, 1.82) is 0 Å². The summed E-state index contributed by atoms with van der Waals surface area (Å²) in [5, 5.41) is 7.70. The van der Waals surface area contributed by atoms with Gasteiger partial charge >= 0.3 is 0 Å². The summed E-state index contributed by atoms with van der Waals surface area (Å²) in [6.45, 7) is 1.19. The van der Waals surface area contributed by atoms with E-state index in [9.17, 15) is 0 Å². The Bertz CT molecular complexity index is 1120. The highest BCUT2D eigenvalue weighted by Crippen LogP contribution is 2.45. The van der Waals surface area contributed by atoms with Gasteiger partial charge in [-0.2, -0.15) is 0 Å². The van der Waals surface area contributed by atoms with Gasteiger partial charge in [-0.15, -0.1) is 11.3 Å². The van der Waals surface area contributed by atoms with Crippen molar-refractivity contribution in [2.75, 3.05) is 6.61 Å². The molecule has 0 amide bonds. The second-order valence-corrected chi connectivity index (χ2v) is 8.44. The van der Waals surface area contributed by atoms with Crippen molar-refractivity contribution >= 4 is 33.0 Å². The van der Waals surface area contributed by atoms with Crippen LogP contribution in [0.25, 0.3) is 10.1 Å². The Kier molecular flexibility index (Phi) is 5.02. The molecule has 1 fully saturated rings. The molecule has 1 saturated heterocycles. The van der Waals surface area contributed by atoms with Gasteiger partial charge in [0, 0.05) is 21.8 Å². The van der Waals surface area contributed by atoms with Crippen molar-refractivity contribution in [2.45, 2.75) is 18.4 Å². The Morgan fingerprint density at radius 1 is 1.00 bits per heavy atom. The molecule has 0 bridgehead atoms. The lowest BCUT2D eigenvalue weighted by atomic mass is 10.0. The predicted octanol–water partition coefficient (Wildman–Crippen LogP) is 6.19. The zero-order valence-electron chi connectivity index (χ0n) is 15.7. The van der Waals surface area contributed by atoms with E-state index in [-0.39, 0.29) is 6.10 Å². The minimum atomic E-state index is -0.584. The highest BCUT2D eigenvalue weighted by atomic mass is 35.5. The maximum Gasteiger partial charge on any atom is 0.184 e. The summed E-state index contributed by atoms with van der Waals surface area (Å²) in [6.07, 6.45) is -0.275. The van der Waals surface area contributed by atoms with E-state index in [1.54, 1.807) is 11.3 Å². The Morgan fingerprint density at radius 3 is 2.52 bits per heavy atom. The number of benzene rings is 3. The van der Waals surface area contributed by atoms with Gasteiger partial charge in [-0.3, -0.25) is 5.32 Å². The molecule has 0 saturated carbocycles. The first kappa shape index (κ1) is 18.6. The van der Waals surface area contributed by atoms with E-state index in [0.717, 1.165) is 21.9 Å². The van der Waals surface area contributed by atoms with Crippen LogP contribution in [0.4, 0.5) is 0 Å². The summed E-state index contributed by atoms with van der Waals surface area (Å²) in [7, 11) is 0. The topological polar surface area (TPSA) is 33.8 Å². The largest absolute Gasteiger partial charge is 0.481 e. The lowest BCUT2D eigenvalue weighted by Gasteiger charge is -2.26. The minimum absolute atomic E-state index is 0.275. The number of halogens is 1. The molecule has 1 aliphatic heterocycles. The molecule has 0 aliphatic carbocycles. The van der Waals surface area contributed by atoms with Gasteiger partial charge in [0.25, 0.3) is 0 Å². The van der Waals surface area contributed by atoms with E-state index in [4.69, 9.17) is 21.1 Å². The fourth-order valence-corrected chi connectivity index (χ4v) is 4.73. The number of hydrogen-bond acceptors (Lipinski definition) is 4. The predicted molar refractivity (Wildman–Crippen MR) is 119 cm³/mol. The summed E-state index contributed by atoms with van der Waals surface area (Å²) in [5.74, 6) is 0.821. The van der Waals surface area contributed by atoms with Gasteiger partial charge in [0.2, 0.25) is 0 Å². The fourth-order valence-electron chi connectivity index (χ4n) is 3.56. The molecule has 0 spiro atoms. The molecule has 1 aliphatic rings. The second-order valence-electron chi connectivity index (χ2n) is 7.12. The molecule has 3 nitrogen and oxygen atoms in total. The summed E-state index contributed by atoms with van der Waals surface area (Å²) in [4.78, 5) is 0. The van der Waals surface area contributed by atoms with Gasteiger partial charge < -0.3 is 9.47 Å². The Balaban J connectivity index is 1.49. The van der Waals surface area contributed by atoms with Gasteiger partial charge in [-0.25, -0.2) is 0 Å². The third-order valence-electron chi connectivity index (χ3n) is 5.21. The number of epoxide rings is 1. The van der Waals surface area contributed by atoms with Crippen molar-refractivity contribution in [1.82, 2.24) is 5.32 Å². The number of hydrogen-bond donors (Lipinski definition) is 1. The minimum Gasteiger partial charge on any atom is -0.481 e. The van der Waals surface area contributed by atoms with Crippen molar-refractivity contribution in [2.24, 2.45) is 0 Å². The average molecular weight is 422 g/mol. The fraction of sp³-hybridized carbons (Fsp3) is 0.167. The quantitative estimate of drug-likeness (QED) is 0.361. The van der Waals surface area contributed by atoms with E-state index >= 15 is 0 Å². The van der Waals surface area contributed by atoms with Crippen LogP contribution in [-0.2, 0) is 11.3 Å². The summed E-state index contributed by atoms with van der Waals surface area (Å²) in [5.41, 5.74) is 1.59. The maximum absolute atomic E-state index is 6.50. The lowest BCUT2D eigenvalue weighted by Crippen LogP contribution is -2.41. The van der Waals surface area contributed by atoms with Gasteiger partial charge in [0.15, 0.2) is 11.8 Å². The van der Waals surface area contributed by atoms with Gasteiger partial charge in [0.1, 0.15) is 5.75 Å². The van der Waals surface area contributed by atoms with Crippen LogP contribution in [0.2, 0.25) is 5.02 Å². The van der Waals surface area contributed by atoms with Gasteiger partial charge in [-0.1, -0.05) is 66.2 Å². The molecule has 2 heterocycles. The molecule has 2 unspecified atom stereocenters. The first-order valence-corrected chi connectivity index (χ1v) is 10.8. The number of rotatable bonds is 7. The van der Waals surface area contributed by atoms with Crippen LogP contribution < -0.4 is 10.1 Å². The molecule has 2 atom stereocenters. The molecule has 3 aromatic carbocycles. The van der Waals surface area contributed by atoms with Crippen molar-refractivity contribution < 1.29 is 9.47 Å². The zero-order chi connectivity index (χ0) is 19.7. The first-order valence-electron chi connectivity index (χ1n) is 9.55. The number of para-hydroxylation sites is 1. The lowest BCUT2D eigenvalue weighted by molar-refractivity contribution is 0.0732. The number of ether oxygens (including phenoxy) is 2. The van der Waals surface area contributed by atoms with E-state index in [0.29, 0.717) is 13.2 Å². The van der Waals surface area contributed by atoms with E-state index in [1.165, 1.54) is 10.1 Å². The molecule has 1 N–H and O–H groups in total. The van der Waals surface area contributed by atoms with Crippen molar-refractivity contribution in [3.63, 3.8) is 0 Å². The third kappa shape index (κ3) is 3.77. The van der Waals surface area contributed by atoms with Crippen LogP contribution in [0.3, 0.4) is 0 Å². The van der Waals surface area contributed by atoms with Crippen LogP contribution in [0.1, 0.15) is 17.2 Å². The molecule has 0 radical (unpaired) electrons. The molecule has 146 valence electrons. The van der Waals surface area contributed by atoms with Crippen molar-refractivity contribution in [3.05, 3.63) is 100 Å². The van der Waals surface area contributed by atoms with Crippen LogP contribution in [0, 0.1) is 0 Å². The molecule has 29 heavy (non-hydrogen) atoms. The van der Waals surface area contributed by atoms with Crippen LogP contribution in [0.15, 0.2) is 84.2 Å². The summed E-state index contributed by atoms with van der Waals surface area (Å²) < 4.78 is 13.7. The van der Waals surface area contributed by atoms with Crippen LogP contribution in [-0.4, -0.2) is 12.3 Å². The van der Waals surface area contributed by atoms with E-state index < -0.39 is 5.72 Å². The monoisotopic (exact) mass is 421 g/mol. The van der Waals surface area contributed by atoms with Crippen LogP contribution >= 0.6 is 22.9 Å². The van der Waals surface area contributed by atoms with Gasteiger partial charge in [-0.05, 0) is 40.6 Å². The van der Waals surface area contributed by atoms with Gasteiger partial charge in [0.05, 0.1) is 6.61 Å². The number of thiophene rings is 1. The smallest absolute Gasteiger partial charge is 0.184 e. The second kappa shape index (κ2) is 7.81. The standard InChI is InChI=1S/C24H20ClNO2S/c25-21-12-6-4-8-17(21)14-26-24(16-27-24)23(28-18-9-2-1-3-10-18)20-15-29-22-13-7-5-11-19(20)22/h1-13,15,23,26H,14,16H2. The highest BCUT2D eigenvalue weighted by molar-refractivity contribution is 7.17. The first-order chi connectivity index (χ1) is 14.3. The average Bonchev–Trinajstić information content (AvgIpc) is 3.43. The molecular weight excluding hydrogens is 402 g/mol. The van der Waals surface area contributed by atoms with Crippen LogP contribution in [0.5, 0.6) is 5.75 Å². The van der Waals surface area contributed by atoms with Crippen molar-refractivity contribution in [3.8, 4) is 5.75 Å². The maximum atomic E-state index is 6.50. The third-order valence-corrected chi connectivity index (χ3v) is 6.56. The summed E-state index contributed by atoms with van der Waals surface area (Å²) >= 11 is 8.08. The summed E-state index contributed by atoms with van der Waals surface area (Å²) in [6, 6.07) is 26.2. The number of fused-ring (bicyclic) bond motifs is 1. The molecule has 5 rings (SSSR count). The van der Waals surface area contributed by atoms with E-state index in [1.807, 2.05) is 54.6 Å². The Hall–Kier alpha value is -2.37. The highest BCUT2D eigenvalue weighted by Gasteiger charge is 2.54. The molecule has 4 aromatic rings. The number of nitrogens with one attached hydrogen (secondary N) is 1. The Labute approximate surface area is 178 Å². The normalized spacial score (nSPS) is 19.2. The zero-order valence-corrected chi connectivity index (χ0v) is 17.2.